The summed E-state index contributed by atoms with van der Waals surface area (Å²) in [5.41, 5.74) is 2.05. The summed E-state index contributed by atoms with van der Waals surface area (Å²) in [6, 6.07) is 15.1. The van der Waals surface area contributed by atoms with E-state index in [9.17, 15) is 14.7 Å². The Morgan fingerprint density at radius 2 is 1.86 bits per heavy atom. The van der Waals surface area contributed by atoms with Gasteiger partial charge < -0.3 is 20.5 Å². The Bertz CT molecular complexity index is 1160. The van der Waals surface area contributed by atoms with Gasteiger partial charge in [0, 0.05) is 18.7 Å². The summed E-state index contributed by atoms with van der Waals surface area (Å²) < 4.78 is 5.84. The molecular weight excluding hydrogens is 489 g/mol. The molecule has 0 spiro atoms. The number of carbonyl (C=O) groups excluding carboxylic acids is 1. The minimum Gasteiger partial charge on any atom is -0.494 e. The molecule has 7 nitrogen and oxygen atoms in total. The number of hydrogen-bond donors (Lipinski definition) is 3. The number of aromatic nitrogens is 1. The zero-order valence-electron chi connectivity index (χ0n) is 18.8. The summed E-state index contributed by atoms with van der Waals surface area (Å²) in [4.78, 5) is 28.7. The van der Waals surface area contributed by atoms with E-state index in [2.05, 4.69) is 21.7 Å². The number of aliphatic carboxylic acids is 1. The topological polar surface area (TPSA) is 101 Å². The number of ether oxygens (including phenoxy) is 1. The number of halogens is 2. The van der Waals surface area contributed by atoms with Crippen LogP contribution in [0.2, 0.25) is 10.0 Å². The summed E-state index contributed by atoms with van der Waals surface area (Å²) in [7, 11) is 0. The van der Waals surface area contributed by atoms with Crippen molar-refractivity contribution in [3.63, 3.8) is 0 Å². The van der Waals surface area contributed by atoms with E-state index in [1.807, 2.05) is 6.07 Å². The zero-order chi connectivity index (χ0) is 24.8. The number of carboxylic acids is 1. The molecule has 0 radical (unpaired) electrons. The van der Waals surface area contributed by atoms with Crippen molar-refractivity contribution < 1.29 is 19.4 Å². The molecule has 35 heavy (non-hydrogen) atoms. The molecule has 1 unspecified atom stereocenters. The van der Waals surface area contributed by atoms with Crippen LogP contribution in [-0.2, 0) is 17.6 Å². The Kier molecular flexibility index (Phi) is 8.10. The van der Waals surface area contributed by atoms with Crippen molar-refractivity contribution in [2.24, 2.45) is 0 Å². The summed E-state index contributed by atoms with van der Waals surface area (Å²) >= 11 is 12.1. The molecule has 1 aliphatic rings. The predicted octanol–water partition coefficient (Wildman–Crippen LogP) is 5.01. The average Bonchev–Trinajstić information content (AvgIpc) is 3.25. The SMILES string of the molecule is O=C(N[C@@H](Cc1ccc(OCCCC2Cc3cccnc3N2)cc1)C(=O)O)c1c(Cl)cccc1Cl. The molecule has 1 aliphatic heterocycles. The lowest BCUT2D eigenvalue weighted by molar-refractivity contribution is -0.139. The van der Waals surface area contributed by atoms with Gasteiger partial charge >= 0.3 is 5.97 Å². The minimum absolute atomic E-state index is 0.0544. The second-order valence-corrected chi connectivity index (χ2v) is 9.17. The monoisotopic (exact) mass is 513 g/mol. The maximum absolute atomic E-state index is 12.6. The normalized spacial score (nSPS) is 15.1. The molecule has 182 valence electrons. The highest BCUT2D eigenvalue weighted by molar-refractivity contribution is 6.39. The fourth-order valence-corrected chi connectivity index (χ4v) is 4.61. The van der Waals surface area contributed by atoms with Crippen LogP contribution in [0, 0.1) is 0 Å². The van der Waals surface area contributed by atoms with E-state index in [0.717, 1.165) is 30.6 Å². The van der Waals surface area contributed by atoms with Gasteiger partial charge in [0.1, 0.15) is 17.6 Å². The first-order chi connectivity index (χ1) is 16.9. The third-order valence-corrected chi connectivity index (χ3v) is 6.45. The Morgan fingerprint density at radius 3 is 2.54 bits per heavy atom. The van der Waals surface area contributed by atoms with Crippen molar-refractivity contribution in [2.75, 3.05) is 11.9 Å². The fraction of sp³-hybridized carbons (Fsp3) is 0.269. The summed E-state index contributed by atoms with van der Waals surface area (Å²) in [5.74, 6) is -0.111. The van der Waals surface area contributed by atoms with Crippen LogP contribution in [0.25, 0.3) is 0 Å². The quantitative estimate of drug-likeness (QED) is 0.329. The van der Waals surface area contributed by atoms with Crippen LogP contribution in [0.1, 0.15) is 34.3 Å². The molecule has 0 saturated carbocycles. The van der Waals surface area contributed by atoms with Gasteiger partial charge in [-0.05, 0) is 60.7 Å². The van der Waals surface area contributed by atoms with Crippen molar-refractivity contribution in [2.45, 2.75) is 37.8 Å². The Balaban J connectivity index is 1.25. The van der Waals surface area contributed by atoms with Gasteiger partial charge in [-0.25, -0.2) is 9.78 Å². The van der Waals surface area contributed by atoms with Gasteiger partial charge in [-0.15, -0.1) is 0 Å². The van der Waals surface area contributed by atoms with Gasteiger partial charge in [0.25, 0.3) is 5.91 Å². The lowest BCUT2D eigenvalue weighted by atomic mass is 10.0. The first-order valence-corrected chi connectivity index (χ1v) is 12.1. The van der Waals surface area contributed by atoms with Crippen molar-refractivity contribution >= 4 is 40.9 Å². The molecule has 2 heterocycles. The number of anilines is 1. The van der Waals surface area contributed by atoms with E-state index in [0.29, 0.717) is 18.4 Å². The van der Waals surface area contributed by atoms with E-state index in [-0.39, 0.29) is 22.0 Å². The molecule has 3 N–H and O–H groups in total. The van der Waals surface area contributed by atoms with E-state index in [1.165, 1.54) is 17.7 Å². The third-order valence-electron chi connectivity index (χ3n) is 5.82. The number of fused-ring (bicyclic) bond motifs is 1. The molecule has 1 aromatic heterocycles. The molecule has 9 heteroatoms. The number of carboxylic acid groups (broad SMARTS) is 1. The van der Waals surface area contributed by atoms with Crippen molar-refractivity contribution in [1.29, 1.82) is 0 Å². The Morgan fingerprint density at radius 1 is 1.11 bits per heavy atom. The number of benzene rings is 2. The molecule has 4 rings (SSSR count). The molecule has 3 aromatic rings. The maximum atomic E-state index is 12.6. The largest absolute Gasteiger partial charge is 0.494 e. The predicted molar refractivity (Wildman–Crippen MR) is 136 cm³/mol. The van der Waals surface area contributed by atoms with Crippen molar-refractivity contribution in [3.05, 3.63) is 87.5 Å². The van der Waals surface area contributed by atoms with Crippen LogP contribution in [-0.4, -0.2) is 40.7 Å². The molecule has 0 bridgehead atoms. The summed E-state index contributed by atoms with van der Waals surface area (Å²) in [5, 5.41) is 15.9. The second kappa shape index (κ2) is 11.4. The molecule has 0 saturated heterocycles. The minimum atomic E-state index is -1.15. The van der Waals surface area contributed by atoms with E-state index in [1.54, 1.807) is 36.5 Å². The molecule has 2 aromatic carbocycles. The van der Waals surface area contributed by atoms with E-state index < -0.39 is 17.9 Å². The standard InChI is InChI=1S/C26H25Cl2N3O4/c27-20-6-1-7-21(28)23(20)25(32)31-22(26(33)34)14-16-8-10-19(11-9-16)35-13-3-5-18-15-17-4-2-12-29-24(17)30-18/h1-2,4,6-12,18,22H,3,5,13-15H2,(H,29,30)(H,31,32)(H,33,34)/t18?,22-/m0/s1. The number of rotatable bonds is 10. The number of pyridine rings is 1. The van der Waals surface area contributed by atoms with Gasteiger partial charge in [0.15, 0.2) is 0 Å². The van der Waals surface area contributed by atoms with Gasteiger partial charge in [-0.2, -0.15) is 0 Å². The highest BCUT2D eigenvalue weighted by Gasteiger charge is 2.24. The molecule has 1 amide bonds. The van der Waals surface area contributed by atoms with Crippen molar-refractivity contribution in [1.82, 2.24) is 10.3 Å². The number of carbonyl (C=O) groups is 2. The maximum Gasteiger partial charge on any atom is 0.326 e. The van der Waals surface area contributed by atoms with Crippen LogP contribution in [0.15, 0.2) is 60.8 Å². The van der Waals surface area contributed by atoms with Crippen LogP contribution < -0.4 is 15.4 Å². The lowest BCUT2D eigenvalue weighted by Crippen LogP contribution is -2.42. The van der Waals surface area contributed by atoms with Crippen LogP contribution in [0.5, 0.6) is 5.75 Å². The second-order valence-electron chi connectivity index (χ2n) is 8.36. The number of nitrogens with one attached hydrogen (secondary N) is 2. The van der Waals surface area contributed by atoms with E-state index >= 15 is 0 Å². The Hall–Kier alpha value is -3.29. The summed E-state index contributed by atoms with van der Waals surface area (Å²) in [6.07, 6.45) is 4.74. The molecule has 0 fully saturated rings. The van der Waals surface area contributed by atoms with Crippen LogP contribution in [0.3, 0.4) is 0 Å². The number of nitrogens with zero attached hydrogens (tertiary/aromatic N) is 1. The lowest BCUT2D eigenvalue weighted by Gasteiger charge is -2.16. The van der Waals surface area contributed by atoms with Crippen LogP contribution >= 0.6 is 23.2 Å². The first kappa shape index (κ1) is 24.8. The number of hydrogen-bond acceptors (Lipinski definition) is 5. The Labute approximate surface area is 213 Å². The fourth-order valence-electron chi connectivity index (χ4n) is 4.04. The van der Waals surface area contributed by atoms with Gasteiger partial charge in [0.05, 0.1) is 22.2 Å². The van der Waals surface area contributed by atoms with Crippen molar-refractivity contribution in [3.8, 4) is 5.75 Å². The van der Waals surface area contributed by atoms with Gasteiger partial charge in [0.2, 0.25) is 0 Å². The molecule has 0 aliphatic carbocycles. The number of amides is 1. The highest BCUT2D eigenvalue weighted by atomic mass is 35.5. The average molecular weight is 514 g/mol. The first-order valence-electron chi connectivity index (χ1n) is 11.3. The smallest absolute Gasteiger partial charge is 0.326 e. The zero-order valence-corrected chi connectivity index (χ0v) is 20.4. The summed E-state index contributed by atoms with van der Waals surface area (Å²) in [6.45, 7) is 0.577. The molecular formula is C26H25Cl2N3O4. The molecule has 2 atom stereocenters. The van der Waals surface area contributed by atoms with Gasteiger partial charge in [-0.3, -0.25) is 4.79 Å². The highest BCUT2D eigenvalue weighted by Crippen LogP contribution is 2.26. The van der Waals surface area contributed by atoms with Gasteiger partial charge in [-0.1, -0.05) is 47.5 Å². The third kappa shape index (κ3) is 6.44. The van der Waals surface area contributed by atoms with Crippen LogP contribution in [0.4, 0.5) is 5.82 Å². The van der Waals surface area contributed by atoms with E-state index in [4.69, 9.17) is 27.9 Å².